The molecule has 2 aromatic heterocycles. The van der Waals surface area contributed by atoms with Crippen LogP contribution in [0.15, 0.2) is 42.6 Å². The number of alkyl halides is 1. The van der Waals surface area contributed by atoms with Crippen LogP contribution in [-0.2, 0) is 11.3 Å². The maximum atomic E-state index is 16.8. The lowest BCUT2D eigenvalue weighted by molar-refractivity contribution is 0.107. The highest BCUT2D eigenvalue weighted by Gasteiger charge is 2.49. The normalized spacial score (nSPS) is 27.0. The van der Waals surface area contributed by atoms with Crippen molar-refractivity contribution < 1.29 is 18.3 Å². The molecule has 4 aliphatic rings. The van der Waals surface area contributed by atoms with Crippen LogP contribution in [0.1, 0.15) is 44.1 Å². The Morgan fingerprint density at radius 2 is 1.86 bits per heavy atom. The van der Waals surface area contributed by atoms with E-state index in [1.165, 1.54) is 19.3 Å². The fourth-order valence-electron chi connectivity index (χ4n) is 8.44. The molecule has 4 aromatic rings. The highest BCUT2D eigenvalue weighted by Crippen LogP contribution is 2.43. The minimum atomic E-state index is -0.851. The van der Waals surface area contributed by atoms with Gasteiger partial charge in [0.2, 0.25) is 0 Å². The van der Waals surface area contributed by atoms with Crippen LogP contribution in [0.5, 0.6) is 6.01 Å². The van der Waals surface area contributed by atoms with Crippen molar-refractivity contribution in [3.05, 3.63) is 54.0 Å². The lowest BCUT2D eigenvalue weighted by atomic mass is 9.95. The van der Waals surface area contributed by atoms with Crippen LogP contribution in [0.3, 0.4) is 0 Å². The number of ether oxygens (including phenoxy) is 2. The molecule has 224 valence electrons. The average Bonchev–Trinajstić information content (AvgIpc) is 3.66. The summed E-state index contributed by atoms with van der Waals surface area (Å²) in [6, 6.07) is 12.0. The van der Waals surface area contributed by atoms with Crippen LogP contribution in [0, 0.1) is 17.7 Å². The number of nitrogens with zero attached hydrogens (tertiary/aromatic N) is 5. The monoisotopic (exact) mass is 585 g/mol. The van der Waals surface area contributed by atoms with E-state index in [0.29, 0.717) is 54.8 Å². The second-order valence-electron chi connectivity index (χ2n) is 13.1. The number of pyridine rings is 1. The summed E-state index contributed by atoms with van der Waals surface area (Å²) in [4.78, 5) is 18.8. The maximum absolute atomic E-state index is 16.8. The predicted octanol–water partition coefficient (Wildman–Crippen LogP) is 6.32. The third kappa shape index (κ3) is 4.63. The number of benzene rings is 2. The molecule has 1 aliphatic carbocycles. The van der Waals surface area contributed by atoms with Gasteiger partial charge in [-0.2, -0.15) is 9.97 Å². The van der Waals surface area contributed by atoms with Crippen molar-refractivity contribution in [1.29, 1.82) is 0 Å². The van der Waals surface area contributed by atoms with E-state index in [1.54, 1.807) is 13.3 Å². The summed E-state index contributed by atoms with van der Waals surface area (Å²) in [5, 5.41) is 2.50. The minimum absolute atomic E-state index is 0.151. The first-order valence-corrected chi connectivity index (χ1v) is 15.6. The Morgan fingerprint density at radius 3 is 2.67 bits per heavy atom. The Balaban J connectivity index is 1.25. The summed E-state index contributed by atoms with van der Waals surface area (Å²) in [6.45, 7) is 3.80. The van der Waals surface area contributed by atoms with Crippen LogP contribution in [-0.4, -0.2) is 71.5 Å². The Kier molecular flexibility index (Phi) is 6.71. The third-order valence-corrected chi connectivity index (χ3v) is 10.3. The van der Waals surface area contributed by atoms with Crippen molar-refractivity contribution in [1.82, 2.24) is 19.9 Å². The van der Waals surface area contributed by atoms with Gasteiger partial charge < -0.3 is 14.4 Å². The lowest BCUT2D eigenvalue weighted by Crippen LogP contribution is -2.43. The fraction of sp³-hybridized carbons (Fsp3) is 0.500. The van der Waals surface area contributed by atoms with Crippen LogP contribution < -0.4 is 9.64 Å². The SMILES string of the molecule is COCc1cccc2cccc(-c3ncc4c(N5CC6CCC(C6)C5)nc(OC[C@@]56CCCN5C[C@H](F)C6)nc4c3F)c12. The van der Waals surface area contributed by atoms with Gasteiger partial charge in [0, 0.05) is 44.9 Å². The van der Waals surface area contributed by atoms with Crippen molar-refractivity contribution in [3.63, 3.8) is 0 Å². The molecule has 9 heteroatoms. The quantitative estimate of drug-likeness (QED) is 0.252. The number of halogens is 2. The molecule has 5 heterocycles. The summed E-state index contributed by atoms with van der Waals surface area (Å²) in [6.07, 6.45) is 6.92. The van der Waals surface area contributed by atoms with Gasteiger partial charge in [-0.15, -0.1) is 0 Å². The Morgan fingerprint density at radius 1 is 1.05 bits per heavy atom. The lowest BCUT2D eigenvalue weighted by Gasteiger charge is -2.34. The van der Waals surface area contributed by atoms with Gasteiger partial charge in [-0.25, -0.2) is 8.78 Å². The number of aromatic nitrogens is 3. The van der Waals surface area contributed by atoms with Gasteiger partial charge in [-0.05, 0) is 66.8 Å². The van der Waals surface area contributed by atoms with Crippen molar-refractivity contribution >= 4 is 27.5 Å². The first-order chi connectivity index (χ1) is 21.0. The number of hydrogen-bond donors (Lipinski definition) is 0. The first-order valence-electron chi connectivity index (χ1n) is 15.6. The Hall–Kier alpha value is -3.43. The van der Waals surface area contributed by atoms with Crippen molar-refractivity contribution in [2.24, 2.45) is 11.8 Å². The second kappa shape index (κ2) is 10.6. The van der Waals surface area contributed by atoms with Crippen molar-refractivity contribution in [2.45, 2.75) is 56.8 Å². The predicted molar refractivity (Wildman–Crippen MR) is 163 cm³/mol. The largest absolute Gasteiger partial charge is 0.461 e. The number of piperidine rings is 1. The first kappa shape index (κ1) is 27.1. The molecule has 1 saturated carbocycles. The minimum Gasteiger partial charge on any atom is -0.461 e. The van der Waals surface area contributed by atoms with Crippen LogP contribution in [0.2, 0.25) is 0 Å². The molecule has 2 bridgehead atoms. The molecule has 3 saturated heterocycles. The van der Waals surface area contributed by atoms with E-state index >= 15 is 4.39 Å². The van der Waals surface area contributed by atoms with Gasteiger partial charge in [0.1, 0.15) is 29.8 Å². The molecule has 0 spiro atoms. The highest BCUT2D eigenvalue weighted by atomic mass is 19.1. The van der Waals surface area contributed by atoms with Crippen molar-refractivity contribution in [2.75, 3.05) is 44.8 Å². The van der Waals surface area contributed by atoms with Crippen LogP contribution in [0.25, 0.3) is 32.9 Å². The molecule has 0 radical (unpaired) electrons. The van der Waals surface area contributed by atoms with E-state index in [4.69, 9.17) is 19.4 Å². The van der Waals surface area contributed by atoms with Gasteiger partial charge in [-0.1, -0.05) is 36.4 Å². The number of anilines is 1. The number of methoxy groups -OCH3 is 1. The average molecular weight is 586 g/mol. The number of hydrogen-bond acceptors (Lipinski definition) is 7. The van der Waals surface area contributed by atoms with Gasteiger partial charge in [-0.3, -0.25) is 9.88 Å². The molecule has 4 fully saturated rings. The Bertz CT molecular complexity index is 1680. The topological polar surface area (TPSA) is 63.6 Å². The Labute approximate surface area is 250 Å². The molecule has 0 N–H and O–H groups in total. The molecule has 4 atom stereocenters. The summed E-state index contributed by atoms with van der Waals surface area (Å²) >= 11 is 0. The zero-order chi connectivity index (χ0) is 29.1. The molecule has 7 nitrogen and oxygen atoms in total. The fourth-order valence-corrected chi connectivity index (χ4v) is 8.44. The zero-order valence-electron chi connectivity index (χ0n) is 24.6. The molecule has 3 aliphatic heterocycles. The van der Waals surface area contributed by atoms with Gasteiger partial charge in [0.05, 0.1) is 17.5 Å². The van der Waals surface area contributed by atoms with E-state index in [0.717, 1.165) is 48.8 Å². The molecule has 43 heavy (non-hydrogen) atoms. The van der Waals surface area contributed by atoms with Crippen LogP contribution >= 0.6 is 0 Å². The molecule has 0 amide bonds. The molecular weight excluding hydrogens is 548 g/mol. The summed E-state index contributed by atoms with van der Waals surface area (Å²) < 4.78 is 43.0. The molecule has 2 unspecified atom stereocenters. The van der Waals surface area contributed by atoms with Crippen LogP contribution in [0.4, 0.5) is 14.6 Å². The van der Waals surface area contributed by atoms with E-state index < -0.39 is 12.0 Å². The van der Waals surface area contributed by atoms with E-state index in [9.17, 15) is 4.39 Å². The van der Waals surface area contributed by atoms with Gasteiger partial charge in [0.15, 0.2) is 5.82 Å². The van der Waals surface area contributed by atoms with Crippen molar-refractivity contribution in [3.8, 4) is 17.3 Å². The summed E-state index contributed by atoms with van der Waals surface area (Å²) in [7, 11) is 1.66. The molecule has 2 aromatic carbocycles. The standard InChI is InChI=1S/C34H37F2N5O2/c1-42-19-24-7-2-5-23-6-3-8-26(28(23)24)30-29(36)31-27(15-37-30)32(40-16-21-9-10-22(13-21)17-40)39-33(38-31)43-20-34-11-4-12-41(34)18-25(35)14-34/h2-3,5-8,15,21-22,25H,4,9-14,16-20H2,1H3/t21?,22?,25-,34+/m1/s1. The molecular formula is C34H37F2N5O2. The maximum Gasteiger partial charge on any atom is 0.319 e. The van der Waals surface area contributed by atoms with Gasteiger partial charge in [0.25, 0.3) is 0 Å². The smallest absolute Gasteiger partial charge is 0.319 e. The van der Waals surface area contributed by atoms with E-state index in [2.05, 4.69) is 14.8 Å². The molecule has 8 rings (SSSR count). The second-order valence-corrected chi connectivity index (χ2v) is 13.1. The summed E-state index contributed by atoms with van der Waals surface area (Å²) in [5.41, 5.74) is 1.78. The van der Waals surface area contributed by atoms with Gasteiger partial charge >= 0.3 is 6.01 Å². The third-order valence-electron chi connectivity index (χ3n) is 10.3. The zero-order valence-corrected chi connectivity index (χ0v) is 24.6. The highest BCUT2D eigenvalue weighted by molar-refractivity contribution is 6.00. The van der Waals surface area contributed by atoms with E-state index in [1.807, 2.05) is 36.4 Å². The van der Waals surface area contributed by atoms with E-state index in [-0.39, 0.29) is 22.8 Å². The number of fused-ring (bicyclic) bond motifs is 5. The number of rotatable bonds is 7. The summed E-state index contributed by atoms with van der Waals surface area (Å²) in [5.74, 6) is 1.43.